The Morgan fingerprint density at radius 2 is 1.81 bits per heavy atom. The molecule has 6 rings (SSSR count). The van der Waals surface area contributed by atoms with E-state index in [9.17, 15) is 28.1 Å². The molecule has 4 heterocycles. The molecule has 0 unspecified atom stereocenters. The van der Waals surface area contributed by atoms with E-state index in [2.05, 4.69) is 20.9 Å². The summed E-state index contributed by atoms with van der Waals surface area (Å²) in [7, 11) is -4.86. The molecule has 0 aliphatic carbocycles. The summed E-state index contributed by atoms with van der Waals surface area (Å²) in [4.78, 5) is 60.5. The maximum atomic E-state index is 15.5. The molecule has 4 amide bonds. The number of hydrogen-bond acceptors (Lipinski definition) is 11. The van der Waals surface area contributed by atoms with Crippen LogP contribution >= 0.6 is 30.3 Å². The Balaban J connectivity index is 1.18. The maximum absolute atomic E-state index is 15.5. The SMILES string of the molecule is CCOP(=O)(OCC)C(F)(F)c1ccc2sc(C(=O)N[C@H]3CNCC[C@H]4CC[C@@H](C(=O)N[C@@H](CCCC(N)=O)c5ncc(-c6ccc(F)cc6)s5)N4C3=O)cc2c1. The molecule has 0 radical (unpaired) electrons. The van der Waals surface area contributed by atoms with E-state index in [1.54, 1.807) is 23.2 Å². The molecule has 57 heavy (non-hydrogen) atoms. The first kappa shape index (κ1) is 42.4. The molecule has 5 N–H and O–H groups in total. The maximum Gasteiger partial charge on any atom is 0.404 e. The monoisotopic (exact) mass is 848 g/mol. The largest absolute Gasteiger partial charge is 0.404 e. The number of aromatic nitrogens is 1. The van der Waals surface area contributed by atoms with Gasteiger partial charge >= 0.3 is 13.3 Å². The molecule has 2 aliphatic rings. The van der Waals surface area contributed by atoms with Crippen LogP contribution in [0.3, 0.4) is 0 Å². The fraction of sp³-hybridized carbons (Fsp3) is 0.447. The van der Waals surface area contributed by atoms with Crippen molar-refractivity contribution in [2.75, 3.05) is 26.3 Å². The number of carbonyl (C=O) groups is 4. The molecule has 4 atom stereocenters. The quantitative estimate of drug-likeness (QED) is 0.0923. The molecule has 0 bridgehead atoms. The molecule has 19 heteroatoms. The number of primary amides is 1. The van der Waals surface area contributed by atoms with Crippen LogP contribution in [-0.2, 0) is 33.7 Å². The molecule has 4 aromatic rings. The van der Waals surface area contributed by atoms with Crippen molar-refractivity contribution in [1.29, 1.82) is 0 Å². The predicted molar refractivity (Wildman–Crippen MR) is 210 cm³/mol. The average Bonchev–Trinajstić information content (AvgIpc) is 3.94. The Morgan fingerprint density at radius 1 is 1.07 bits per heavy atom. The number of amides is 4. The van der Waals surface area contributed by atoms with E-state index in [-0.39, 0.29) is 42.9 Å². The third-order valence-corrected chi connectivity index (χ3v) is 14.3. The van der Waals surface area contributed by atoms with Crippen LogP contribution in [0.1, 0.15) is 78.7 Å². The number of thiophene rings is 1. The fourth-order valence-corrected chi connectivity index (χ4v) is 10.6. The average molecular weight is 849 g/mol. The second-order valence-corrected chi connectivity index (χ2v) is 18.0. The van der Waals surface area contributed by atoms with Crippen LogP contribution in [0.4, 0.5) is 13.2 Å². The summed E-state index contributed by atoms with van der Waals surface area (Å²) in [6.45, 7) is 3.00. The minimum absolute atomic E-state index is 0.0918. The summed E-state index contributed by atoms with van der Waals surface area (Å²) in [5.41, 5.74) is 1.59. The Kier molecular flexibility index (Phi) is 13.5. The Morgan fingerprint density at radius 3 is 2.51 bits per heavy atom. The number of hydrogen-bond donors (Lipinski definition) is 4. The first-order chi connectivity index (χ1) is 27.2. The van der Waals surface area contributed by atoms with Crippen LogP contribution in [0.5, 0.6) is 0 Å². The third-order valence-electron chi connectivity index (χ3n) is 9.88. The van der Waals surface area contributed by atoms with Crippen molar-refractivity contribution < 1.29 is 46.0 Å². The smallest absolute Gasteiger partial charge is 0.370 e. The number of nitrogens with zero attached hydrogens (tertiary/aromatic N) is 2. The first-order valence-corrected chi connectivity index (χ1v) is 21.9. The lowest BCUT2D eigenvalue weighted by Crippen LogP contribution is -2.60. The van der Waals surface area contributed by atoms with Gasteiger partial charge in [0, 0.05) is 35.5 Å². The highest BCUT2D eigenvalue weighted by Crippen LogP contribution is 2.67. The van der Waals surface area contributed by atoms with E-state index < -0.39 is 60.6 Å². The summed E-state index contributed by atoms with van der Waals surface area (Å²) in [6.07, 6.45) is 4.02. The van der Waals surface area contributed by atoms with Crippen molar-refractivity contribution in [3.05, 3.63) is 76.0 Å². The Hall–Kier alpha value is -4.19. The number of carbonyl (C=O) groups excluding carboxylic acids is 4. The summed E-state index contributed by atoms with van der Waals surface area (Å²) in [5, 5.41) is 9.95. The van der Waals surface area contributed by atoms with E-state index >= 15 is 8.78 Å². The van der Waals surface area contributed by atoms with Gasteiger partial charge in [-0.15, -0.1) is 22.7 Å². The number of halogens is 3. The summed E-state index contributed by atoms with van der Waals surface area (Å²) >= 11 is 2.37. The molecule has 0 spiro atoms. The zero-order valence-corrected chi connectivity index (χ0v) is 33.8. The lowest BCUT2D eigenvalue weighted by atomic mass is 10.1. The van der Waals surface area contributed by atoms with Crippen molar-refractivity contribution in [1.82, 2.24) is 25.8 Å². The first-order valence-electron chi connectivity index (χ1n) is 18.7. The number of fused-ring (bicyclic) bond motifs is 2. The molecule has 2 aliphatic heterocycles. The minimum Gasteiger partial charge on any atom is -0.370 e. The summed E-state index contributed by atoms with van der Waals surface area (Å²) in [6, 6.07) is 8.29. The highest BCUT2D eigenvalue weighted by Gasteiger charge is 2.55. The molecular weight excluding hydrogens is 805 g/mol. The van der Waals surface area contributed by atoms with E-state index in [1.807, 2.05) is 0 Å². The predicted octanol–water partition coefficient (Wildman–Crippen LogP) is 6.44. The molecule has 0 saturated carbocycles. The van der Waals surface area contributed by atoms with Gasteiger partial charge in [-0.3, -0.25) is 23.7 Å². The summed E-state index contributed by atoms with van der Waals surface area (Å²) in [5.74, 6) is -2.30. The van der Waals surface area contributed by atoms with Gasteiger partial charge in [0.05, 0.1) is 29.0 Å². The number of benzene rings is 2. The van der Waals surface area contributed by atoms with Gasteiger partial charge in [0.2, 0.25) is 17.7 Å². The van der Waals surface area contributed by atoms with E-state index in [4.69, 9.17) is 14.8 Å². The van der Waals surface area contributed by atoms with Crippen molar-refractivity contribution in [2.45, 2.75) is 82.2 Å². The van der Waals surface area contributed by atoms with E-state index in [1.165, 1.54) is 49.4 Å². The van der Waals surface area contributed by atoms with Crippen molar-refractivity contribution in [3.63, 3.8) is 0 Å². The zero-order valence-electron chi connectivity index (χ0n) is 31.3. The number of rotatable bonds is 16. The second-order valence-electron chi connectivity index (χ2n) is 13.7. The van der Waals surface area contributed by atoms with Gasteiger partial charge in [0.25, 0.3) is 5.91 Å². The van der Waals surface area contributed by atoms with Gasteiger partial charge in [0.15, 0.2) is 0 Å². The van der Waals surface area contributed by atoms with Gasteiger partial charge in [-0.25, -0.2) is 9.37 Å². The van der Waals surface area contributed by atoms with Gasteiger partial charge in [-0.05, 0) is 93.8 Å². The highest BCUT2D eigenvalue weighted by atomic mass is 32.1. The highest BCUT2D eigenvalue weighted by molar-refractivity contribution is 7.54. The minimum atomic E-state index is -4.86. The van der Waals surface area contributed by atoms with Crippen LogP contribution in [0.15, 0.2) is 54.7 Å². The molecular formula is C38H44F3N6O7PS2. The lowest BCUT2D eigenvalue weighted by Gasteiger charge is -2.35. The van der Waals surface area contributed by atoms with Crippen LogP contribution in [-0.4, -0.2) is 77.9 Å². The molecule has 2 aromatic carbocycles. The Labute approximate surface area is 335 Å². The van der Waals surface area contributed by atoms with Gasteiger partial charge in [-0.2, -0.15) is 8.78 Å². The van der Waals surface area contributed by atoms with Crippen molar-refractivity contribution in [3.8, 4) is 10.4 Å². The second kappa shape index (κ2) is 18.2. The van der Waals surface area contributed by atoms with E-state index in [0.29, 0.717) is 53.7 Å². The van der Waals surface area contributed by atoms with Crippen LogP contribution < -0.4 is 21.7 Å². The molecule has 13 nitrogen and oxygen atoms in total. The number of alkyl halides is 2. The number of nitrogens with two attached hydrogens (primary N) is 1. The lowest BCUT2D eigenvalue weighted by molar-refractivity contribution is -0.142. The van der Waals surface area contributed by atoms with Crippen LogP contribution in [0.25, 0.3) is 20.5 Å². The molecule has 306 valence electrons. The number of nitrogens with one attached hydrogen (secondary N) is 3. The van der Waals surface area contributed by atoms with Crippen molar-refractivity contribution in [2.24, 2.45) is 5.73 Å². The fourth-order valence-electron chi connectivity index (χ4n) is 7.12. The van der Waals surface area contributed by atoms with Crippen LogP contribution in [0, 0.1) is 5.82 Å². The van der Waals surface area contributed by atoms with Gasteiger partial charge < -0.3 is 35.6 Å². The molecule has 2 fully saturated rings. The standard InChI is InChI=1S/C38H44F3N6O7PS2/c1-3-53-55(52,54-4-2)38(40,41)24-10-15-30-23(18-24)19-31(56-30)35(50)46-28-20-43-17-16-26-13-14-29(47(26)37(28)51)34(49)45-27(6-5-7-33(42)48)36-44-21-32(57-36)22-8-11-25(39)12-9-22/h8-12,15,18-19,21,26-29,43H,3-7,13-14,16-17,20H2,1-2H3,(H2,42,48)(H,45,49)(H,46,50)/t26-,27+,28+,29+/m1/s1. The van der Waals surface area contributed by atoms with Gasteiger partial charge in [0.1, 0.15) is 22.9 Å². The van der Waals surface area contributed by atoms with Crippen LogP contribution in [0.2, 0.25) is 0 Å². The third kappa shape index (κ3) is 9.42. The van der Waals surface area contributed by atoms with Crippen molar-refractivity contribution >= 4 is 64.0 Å². The molecule has 2 aromatic heterocycles. The Bertz CT molecular complexity index is 2140. The van der Waals surface area contributed by atoms with Gasteiger partial charge in [-0.1, -0.05) is 18.2 Å². The number of thiazole rings is 1. The zero-order chi connectivity index (χ0) is 40.9. The van der Waals surface area contributed by atoms with E-state index in [0.717, 1.165) is 33.9 Å². The normalized spacial score (nSPS) is 19.5. The topological polar surface area (TPSA) is 182 Å². The molecule has 2 saturated heterocycles. The summed E-state index contributed by atoms with van der Waals surface area (Å²) < 4.78 is 68.0.